The molecule has 0 unspecified atom stereocenters. The van der Waals surface area contributed by atoms with Crippen LogP contribution in [0.3, 0.4) is 0 Å². The van der Waals surface area contributed by atoms with E-state index in [0.717, 1.165) is 10.9 Å². The van der Waals surface area contributed by atoms with Crippen LogP contribution in [0.5, 0.6) is 5.75 Å². The van der Waals surface area contributed by atoms with Crippen LogP contribution in [0.2, 0.25) is 0 Å². The van der Waals surface area contributed by atoms with Crippen LogP contribution in [0.25, 0.3) is 0 Å². The molecule has 0 saturated carbocycles. The van der Waals surface area contributed by atoms with E-state index in [1.54, 1.807) is 24.3 Å². The zero-order valence-corrected chi connectivity index (χ0v) is 12.0. The molecule has 2 rings (SSSR count). The number of hydrogen-bond acceptors (Lipinski definition) is 4. The van der Waals surface area contributed by atoms with Crippen molar-refractivity contribution in [1.82, 2.24) is 4.47 Å². The maximum absolute atomic E-state index is 12.2. The fourth-order valence-electron chi connectivity index (χ4n) is 1.70. The van der Waals surface area contributed by atoms with Gasteiger partial charge < -0.3 is 4.74 Å². The van der Waals surface area contributed by atoms with Gasteiger partial charge in [0, 0.05) is 6.54 Å². The minimum absolute atomic E-state index is 0.228. The summed E-state index contributed by atoms with van der Waals surface area (Å²) in [6.07, 6.45) is 0.731. The minimum Gasteiger partial charge on any atom is -0.493 e. The fourth-order valence-corrected chi connectivity index (χ4v) is 3.00. The van der Waals surface area contributed by atoms with E-state index in [2.05, 4.69) is 13.8 Å². The molecule has 6 heteroatoms. The summed E-state index contributed by atoms with van der Waals surface area (Å²) in [6, 6.07) is 6.44. The zero-order valence-electron chi connectivity index (χ0n) is 11.2. The number of hydrogen-bond donors (Lipinski definition) is 0. The molecule has 0 radical (unpaired) electrons. The number of nitrogens with zero attached hydrogens (tertiary/aromatic N) is 1. The average molecular weight is 285 g/mol. The van der Waals surface area contributed by atoms with E-state index >= 15 is 0 Å². The second kappa shape index (κ2) is 5.90. The number of rotatable bonds is 5. The first kappa shape index (κ1) is 14.3. The molecular formula is C13H19NO4S. The van der Waals surface area contributed by atoms with Gasteiger partial charge in [0.25, 0.3) is 10.0 Å². The summed E-state index contributed by atoms with van der Waals surface area (Å²) in [5.41, 5.74) is 0. The predicted molar refractivity (Wildman–Crippen MR) is 71.2 cm³/mol. The van der Waals surface area contributed by atoms with Gasteiger partial charge in [0.1, 0.15) is 5.75 Å². The highest BCUT2D eigenvalue weighted by atomic mass is 32.2. The van der Waals surface area contributed by atoms with Gasteiger partial charge >= 0.3 is 0 Å². The maximum Gasteiger partial charge on any atom is 0.265 e. The maximum atomic E-state index is 12.2. The van der Waals surface area contributed by atoms with Crippen molar-refractivity contribution in [3.05, 3.63) is 24.3 Å². The minimum atomic E-state index is -3.53. The van der Waals surface area contributed by atoms with Gasteiger partial charge in [-0.05, 0) is 36.6 Å². The monoisotopic (exact) mass is 285 g/mol. The molecule has 106 valence electrons. The smallest absolute Gasteiger partial charge is 0.265 e. The molecule has 19 heavy (non-hydrogen) atoms. The molecule has 0 amide bonds. The Kier molecular flexibility index (Phi) is 4.44. The summed E-state index contributed by atoms with van der Waals surface area (Å²) in [7, 11) is -3.53. The molecular weight excluding hydrogens is 266 g/mol. The van der Waals surface area contributed by atoms with E-state index in [-0.39, 0.29) is 4.90 Å². The first-order valence-electron chi connectivity index (χ1n) is 6.38. The molecule has 1 fully saturated rings. The normalized spacial score (nSPS) is 17.0. The molecule has 0 spiro atoms. The van der Waals surface area contributed by atoms with Crippen molar-refractivity contribution in [3.63, 3.8) is 0 Å². The standard InChI is InChI=1S/C13H19NO4S/c1-11(2)10-17-12-4-6-13(7-5-12)19(15,16)14-8-3-9-18-14/h4-7,11H,3,8-10H2,1-2H3. The highest BCUT2D eigenvalue weighted by molar-refractivity contribution is 7.89. The first-order chi connectivity index (χ1) is 9.00. The van der Waals surface area contributed by atoms with Gasteiger partial charge in [-0.15, -0.1) is 0 Å². The topological polar surface area (TPSA) is 55.8 Å². The molecule has 0 aromatic heterocycles. The van der Waals surface area contributed by atoms with Crippen molar-refractivity contribution < 1.29 is 18.0 Å². The Morgan fingerprint density at radius 2 is 2.00 bits per heavy atom. The van der Waals surface area contributed by atoms with Crippen LogP contribution in [-0.2, 0) is 14.9 Å². The predicted octanol–water partition coefficient (Wildman–Crippen LogP) is 2.05. The molecule has 5 nitrogen and oxygen atoms in total. The van der Waals surface area contributed by atoms with Crippen molar-refractivity contribution in [2.45, 2.75) is 25.2 Å². The molecule has 1 aromatic rings. The van der Waals surface area contributed by atoms with Gasteiger partial charge in [-0.3, -0.25) is 4.84 Å². The third-order valence-corrected chi connectivity index (χ3v) is 4.39. The number of sulfonamides is 1. The summed E-state index contributed by atoms with van der Waals surface area (Å²) >= 11 is 0. The van der Waals surface area contributed by atoms with E-state index in [9.17, 15) is 8.42 Å². The van der Waals surface area contributed by atoms with Crippen LogP contribution in [0, 0.1) is 5.92 Å². The molecule has 0 bridgehead atoms. The Hall–Kier alpha value is -1.11. The number of hydroxylamine groups is 1. The third kappa shape index (κ3) is 3.46. The summed E-state index contributed by atoms with van der Waals surface area (Å²) in [6.45, 7) is 5.59. The van der Waals surface area contributed by atoms with Gasteiger partial charge in [0.15, 0.2) is 0 Å². The van der Waals surface area contributed by atoms with Crippen LogP contribution in [0.4, 0.5) is 0 Å². The van der Waals surface area contributed by atoms with Gasteiger partial charge in [0.05, 0.1) is 18.1 Å². The number of benzene rings is 1. The molecule has 0 N–H and O–H groups in total. The van der Waals surface area contributed by atoms with Gasteiger partial charge in [-0.25, -0.2) is 8.42 Å². The first-order valence-corrected chi connectivity index (χ1v) is 7.82. The Balaban J connectivity index is 2.09. The van der Waals surface area contributed by atoms with E-state index in [1.165, 1.54) is 0 Å². The van der Waals surface area contributed by atoms with E-state index in [4.69, 9.17) is 9.57 Å². The third-order valence-electron chi connectivity index (χ3n) is 2.69. The highest BCUT2D eigenvalue weighted by Crippen LogP contribution is 2.22. The van der Waals surface area contributed by atoms with Crippen LogP contribution in [0.15, 0.2) is 29.2 Å². The fraction of sp³-hybridized carbons (Fsp3) is 0.538. The lowest BCUT2D eigenvalue weighted by Gasteiger charge is -2.14. The van der Waals surface area contributed by atoms with Crippen LogP contribution in [-0.4, -0.2) is 32.6 Å². The Bertz CT molecular complexity index is 504. The van der Waals surface area contributed by atoms with Crippen molar-refractivity contribution in [3.8, 4) is 5.75 Å². The lowest BCUT2D eigenvalue weighted by molar-refractivity contribution is -0.0284. The SMILES string of the molecule is CC(C)COc1ccc(S(=O)(=O)N2CCCO2)cc1. The van der Waals surface area contributed by atoms with Crippen molar-refractivity contribution in [2.75, 3.05) is 19.8 Å². The van der Waals surface area contributed by atoms with E-state index in [1.807, 2.05) is 0 Å². The van der Waals surface area contributed by atoms with Crippen molar-refractivity contribution >= 4 is 10.0 Å². The van der Waals surface area contributed by atoms with Crippen LogP contribution >= 0.6 is 0 Å². The largest absolute Gasteiger partial charge is 0.493 e. The molecule has 0 atom stereocenters. The second-order valence-corrected chi connectivity index (χ2v) is 6.72. The molecule has 1 aliphatic rings. The lowest BCUT2D eigenvalue weighted by Crippen LogP contribution is -2.26. The highest BCUT2D eigenvalue weighted by Gasteiger charge is 2.28. The Morgan fingerprint density at radius 3 is 2.53 bits per heavy atom. The Labute approximate surface area is 114 Å². The van der Waals surface area contributed by atoms with Gasteiger partial charge in [-0.1, -0.05) is 18.3 Å². The van der Waals surface area contributed by atoms with Crippen molar-refractivity contribution in [2.24, 2.45) is 5.92 Å². The lowest BCUT2D eigenvalue weighted by atomic mass is 10.2. The van der Waals surface area contributed by atoms with E-state index in [0.29, 0.717) is 31.4 Å². The average Bonchev–Trinajstić information content (AvgIpc) is 2.91. The molecule has 1 aliphatic heterocycles. The summed E-state index contributed by atoms with van der Waals surface area (Å²) in [5.74, 6) is 1.11. The van der Waals surface area contributed by atoms with Crippen LogP contribution < -0.4 is 4.74 Å². The summed E-state index contributed by atoms with van der Waals surface area (Å²) in [5, 5.41) is 0. The summed E-state index contributed by atoms with van der Waals surface area (Å²) in [4.78, 5) is 5.32. The van der Waals surface area contributed by atoms with Crippen molar-refractivity contribution in [1.29, 1.82) is 0 Å². The van der Waals surface area contributed by atoms with Crippen LogP contribution in [0.1, 0.15) is 20.3 Å². The summed E-state index contributed by atoms with van der Waals surface area (Å²) < 4.78 is 30.9. The quantitative estimate of drug-likeness (QED) is 0.831. The van der Waals surface area contributed by atoms with Gasteiger partial charge in [0.2, 0.25) is 0 Å². The molecule has 1 saturated heterocycles. The molecule has 1 aromatic carbocycles. The second-order valence-electron chi connectivity index (χ2n) is 4.89. The van der Waals surface area contributed by atoms with E-state index < -0.39 is 10.0 Å². The zero-order chi connectivity index (χ0) is 13.9. The van der Waals surface area contributed by atoms with Gasteiger partial charge in [-0.2, -0.15) is 0 Å². The molecule has 0 aliphatic carbocycles. The molecule has 1 heterocycles. The number of ether oxygens (including phenoxy) is 1. The Morgan fingerprint density at radius 1 is 1.32 bits per heavy atom.